The zero-order chi connectivity index (χ0) is 14.7. The minimum absolute atomic E-state index is 0.251. The van der Waals surface area contributed by atoms with Gasteiger partial charge >= 0.3 is 0 Å². The third kappa shape index (κ3) is 3.32. The zero-order valence-electron chi connectivity index (χ0n) is 12.3. The summed E-state index contributed by atoms with van der Waals surface area (Å²) >= 11 is 1.65. The summed E-state index contributed by atoms with van der Waals surface area (Å²) in [6, 6.07) is 10.2. The number of hydrogen-bond donors (Lipinski definition) is 0. The first-order valence-corrected chi connectivity index (χ1v) is 8.35. The van der Waals surface area contributed by atoms with Crippen molar-refractivity contribution in [1.29, 1.82) is 0 Å². The lowest BCUT2D eigenvalue weighted by molar-refractivity contribution is -0.131. The van der Waals surface area contributed by atoms with E-state index in [1.165, 1.54) is 6.42 Å². The van der Waals surface area contributed by atoms with Gasteiger partial charge in [0.05, 0.1) is 12.1 Å². The SMILES string of the molecule is Cc1nc(-c2ccccc2)sc1CC(=O)N1CCCCC1. The third-order valence-electron chi connectivity index (χ3n) is 3.93. The number of hydrogen-bond acceptors (Lipinski definition) is 3. The van der Waals surface area contributed by atoms with Gasteiger partial charge in [-0.05, 0) is 26.2 Å². The largest absolute Gasteiger partial charge is 0.342 e. The fourth-order valence-corrected chi connectivity index (χ4v) is 3.75. The molecule has 0 radical (unpaired) electrons. The number of benzene rings is 1. The van der Waals surface area contributed by atoms with Crippen LogP contribution in [0.25, 0.3) is 10.6 Å². The second-order valence-corrected chi connectivity index (χ2v) is 6.60. The molecule has 0 spiro atoms. The van der Waals surface area contributed by atoms with Crippen molar-refractivity contribution in [3.8, 4) is 10.6 Å². The molecule has 1 amide bonds. The van der Waals surface area contributed by atoms with E-state index in [9.17, 15) is 4.79 Å². The number of aromatic nitrogens is 1. The number of carbonyl (C=O) groups excluding carboxylic acids is 1. The number of likely N-dealkylation sites (tertiary alicyclic amines) is 1. The van der Waals surface area contributed by atoms with Gasteiger partial charge in [-0.15, -0.1) is 11.3 Å². The van der Waals surface area contributed by atoms with Crippen LogP contribution in [-0.4, -0.2) is 28.9 Å². The summed E-state index contributed by atoms with van der Waals surface area (Å²) in [5.74, 6) is 0.251. The van der Waals surface area contributed by atoms with Crippen LogP contribution in [0.4, 0.5) is 0 Å². The van der Waals surface area contributed by atoms with Crippen molar-refractivity contribution < 1.29 is 4.79 Å². The number of aryl methyl sites for hydroxylation is 1. The minimum atomic E-state index is 0.251. The second-order valence-electron chi connectivity index (χ2n) is 5.51. The molecule has 1 aromatic carbocycles. The summed E-state index contributed by atoms with van der Waals surface area (Å²) in [5.41, 5.74) is 2.12. The van der Waals surface area contributed by atoms with Crippen LogP contribution in [0, 0.1) is 6.92 Å². The summed E-state index contributed by atoms with van der Waals surface area (Å²) in [4.78, 5) is 20.1. The van der Waals surface area contributed by atoms with Gasteiger partial charge in [0.25, 0.3) is 0 Å². The first-order chi connectivity index (χ1) is 10.2. The summed E-state index contributed by atoms with van der Waals surface area (Å²) < 4.78 is 0. The lowest BCUT2D eigenvalue weighted by Gasteiger charge is -2.26. The van der Waals surface area contributed by atoms with Gasteiger partial charge in [0.15, 0.2) is 0 Å². The molecule has 21 heavy (non-hydrogen) atoms. The molecule has 0 N–H and O–H groups in total. The first kappa shape index (κ1) is 14.3. The van der Waals surface area contributed by atoms with Crippen molar-refractivity contribution in [2.75, 3.05) is 13.1 Å². The number of carbonyl (C=O) groups is 1. The molecule has 110 valence electrons. The van der Waals surface area contributed by atoms with E-state index in [4.69, 9.17) is 0 Å². The molecule has 0 saturated carbocycles. The number of rotatable bonds is 3. The highest BCUT2D eigenvalue weighted by Crippen LogP contribution is 2.28. The molecule has 0 bridgehead atoms. The molecular weight excluding hydrogens is 280 g/mol. The van der Waals surface area contributed by atoms with Crippen LogP contribution in [0.2, 0.25) is 0 Å². The van der Waals surface area contributed by atoms with Crippen molar-refractivity contribution in [3.63, 3.8) is 0 Å². The highest BCUT2D eigenvalue weighted by molar-refractivity contribution is 7.15. The van der Waals surface area contributed by atoms with Crippen LogP contribution in [0.1, 0.15) is 29.8 Å². The molecule has 1 aliphatic rings. The Morgan fingerprint density at radius 1 is 1.19 bits per heavy atom. The number of nitrogens with zero attached hydrogens (tertiary/aromatic N) is 2. The van der Waals surface area contributed by atoms with E-state index < -0.39 is 0 Å². The highest BCUT2D eigenvalue weighted by Gasteiger charge is 2.19. The molecule has 2 aromatic rings. The first-order valence-electron chi connectivity index (χ1n) is 7.53. The summed E-state index contributed by atoms with van der Waals surface area (Å²) in [6.45, 7) is 3.84. The quantitative estimate of drug-likeness (QED) is 0.866. The molecule has 1 aliphatic heterocycles. The maximum atomic E-state index is 12.4. The van der Waals surface area contributed by atoms with E-state index in [1.807, 2.05) is 30.0 Å². The van der Waals surface area contributed by atoms with E-state index in [0.717, 1.165) is 47.1 Å². The average molecular weight is 300 g/mol. The molecule has 1 saturated heterocycles. The standard InChI is InChI=1S/C17H20N2OS/c1-13-15(12-16(20)19-10-6-3-7-11-19)21-17(18-13)14-8-4-2-5-9-14/h2,4-5,8-9H,3,6-7,10-12H2,1H3. The van der Waals surface area contributed by atoms with E-state index in [2.05, 4.69) is 17.1 Å². The molecule has 0 unspecified atom stereocenters. The molecule has 0 atom stereocenters. The Hall–Kier alpha value is -1.68. The van der Waals surface area contributed by atoms with Crippen molar-refractivity contribution in [2.45, 2.75) is 32.6 Å². The minimum Gasteiger partial charge on any atom is -0.342 e. The fourth-order valence-electron chi connectivity index (χ4n) is 2.69. The summed E-state index contributed by atoms with van der Waals surface area (Å²) in [7, 11) is 0. The smallest absolute Gasteiger partial charge is 0.227 e. The van der Waals surface area contributed by atoms with Crippen LogP contribution < -0.4 is 0 Å². The number of amides is 1. The molecule has 3 nitrogen and oxygen atoms in total. The molecule has 2 heterocycles. The third-order valence-corrected chi connectivity index (χ3v) is 5.14. The maximum Gasteiger partial charge on any atom is 0.227 e. The van der Waals surface area contributed by atoms with E-state index in [-0.39, 0.29) is 5.91 Å². The Bertz CT molecular complexity index is 615. The van der Waals surface area contributed by atoms with Crippen molar-refractivity contribution in [2.24, 2.45) is 0 Å². The normalized spacial score (nSPS) is 15.2. The van der Waals surface area contributed by atoms with Crippen molar-refractivity contribution in [3.05, 3.63) is 40.9 Å². The molecule has 3 rings (SSSR count). The topological polar surface area (TPSA) is 33.2 Å². The van der Waals surface area contributed by atoms with E-state index >= 15 is 0 Å². The predicted octanol–water partition coefficient (Wildman–Crippen LogP) is 3.67. The fraction of sp³-hybridized carbons (Fsp3) is 0.412. The van der Waals surface area contributed by atoms with Gasteiger partial charge in [0, 0.05) is 23.5 Å². The predicted molar refractivity (Wildman–Crippen MR) is 86.4 cm³/mol. The molecule has 0 aliphatic carbocycles. The zero-order valence-corrected chi connectivity index (χ0v) is 13.2. The monoisotopic (exact) mass is 300 g/mol. The van der Waals surface area contributed by atoms with Crippen LogP contribution in [0.3, 0.4) is 0 Å². The van der Waals surface area contributed by atoms with Gasteiger partial charge in [-0.3, -0.25) is 4.79 Å². The van der Waals surface area contributed by atoms with Gasteiger partial charge in [-0.25, -0.2) is 4.98 Å². The lowest BCUT2D eigenvalue weighted by Crippen LogP contribution is -2.36. The van der Waals surface area contributed by atoms with Crippen molar-refractivity contribution in [1.82, 2.24) is 9.88 Å². The lowest BCUT2D eigenvalue weighted by atomic mass is 10.1. The van der Waals surface area contributed by atoms with Gasteiger partial charge in [0.2, 0.25) is 5.91 Å². The number of thiazole rings is 1. The molecule has 1 fully saturated rings. The molecule has 4 heteroatoms. The average Bonchev–Trinajstić information content (AvgIpc) is 2.90. The summed E-state index contributed by atoms with van der Waals surface area (Å²) in [6.07, 6.45) is 4.03. The van der Waals surface area contributed by atoms with Crippen molar-refractivity contribution >= 4 is 17.2 Å². The Morgan fingerprint density at radius 3 is 2.62 bits per heavy atom. The maximum absolute atomic E-state index is 12.4. The number of piperidine rings is 1. The molecular formula is C17H20N2OS. The van der Waals surface area contributed by atoms with E-state index in [1.54, 1.807) is 11.3 Å². The second kappa shape index (κ2) is 6.39. The van der Waals surface area contributed by atoms with Gasteiger partial charge in [-0.1, -0.05) is 30.3 Å². The Balaban J connectivity index is 1.74. The Kier molecular flexibility index (Phi) is 4.34. The summed E-state index contributed by atoms with van der Waals surface area (Å²) in [5, 5.41) is 1.01. The molecule has 1 aromatic heterocycles. The van der Waals surface area contributed by atoms with Crippen LogP contribution in [-0.2, 0) is 11.2 Å². The Morgan fingerprint density at radius 2 is 1.90 bits per heavy atom. The van der Waals surface area contributed by atoms with Crippen LogP contribution in [0.5, 0.6) is 0 Å². The van der Waals surface area contributed by atoms with Gasteiger partial charge in [0.1, 0.15) is 5.01 Å². The highest BCUT2D eigenvalue weighted by atomic mass is 32.1. The van der Waals surface area contributed by atoms with Crippen LogP contribution >= 0.6 is 11.3 Å². The van der Waals surface area contributed by atoms with Gasteiger partial charge in [-0.2, -0.15) is 0 Å². The van der Waals surface area contributed by atoms with Crippen LogP contribution in [0.15, 0.2) is 30.3 Å². The van der Waals surface area contributed by atoms with E-state index in [0.29, 0.717) is 6.42 Å². The Labute approximate surface area is 129 Å². The van der Waals surface area contributed by atoms with Gasteiger partial charge < -0.3 is 4.90 Å².